The lowest BCUT2D eigenvalue weighted by molar-refractivity contribution is 0.617. The molecule has 1 aromatic heterocycles. The Morgan fingerprint density at radius 2 is 2.20 bits per heavy atom. The third-order valence-electron chi connectivity index (χ3n) is 3.54. The molecule has 104 valence electrons. The lowest BCUT2D eigenvalue weighted by atomic mass is 10.0. The monoisotopic (exact) mass is 351 g/mol. The van der Waals surface area contributed by atoms with Gasteiger partial charge in [0.25, 0.3) is 0 Å². The molecule has 0 amide bonds. The number of benzene rings is 1. The van der Waals surface area contributed by atoms with Gasteiger partial charge in [-0.25, -0.2) is 9.97 Å². The Morgan fingerprint density at radius 1 is 1.35 bits per heavy atom. The molecule has 3 nitrogen and oxygen atoms in total. The summed E-state index contributed by atoms with van der Waals surface area (Å²) in [5.41, 5.74) is 4.61. The molecule has 0 fully saturated rings. The Bertz CT molecular complexity index is 641. The highest BCUT2D eigenvalue weighted by Gasteiger charge is 2.17. The van der Waals surface area contributed by atoms with Gasteiger partial charge < -0.3 is 5.32 Å². The van der Waals surface area contributed by atoms with Crippen molar-refractivity contribution in [2.24, 2.45) is 0 Å². The van der Waals surface area contributed by atoms with Gasteiger partial charge in [-0.15, -0.1) is 0 Å². The first-order chi connectivity index (χ1) is 9.69. The molecule has 20 heavy (non-hydrogen) atoms. The zero-order valence-corrected chi connectivity index (χ0v) is 13.6. The van der Waals surface area contributed by atoms with E-state index in [0.29, 0.717) is 5.02 Å². The van der Waals surface area contributed by atoms with E-state index in [-0.39, 0.29) is 0 Å². The third kappa shape index (κ3) is 2.60. The topological polar surface area (TPSA) is 37.8 Å². The normalized spacial score (nSPS) is 14.2. The van der Waals surface area contributed by atoms with E-state index in [4.69, 9.17) is 21.6 Å². The minimum Gasteiger partial charge on any atom is -0.311 e. The first-order valence-corrected chi connectivity index (χ1v) is 7.91. The number of nitrogens with zero attached hydrogens (tertiary/aromatic N) is 2. The van der Waals surface area contributed by atoms with E-state index in [0.717, 1.165) is 53.2 Å². The minimum atomic E-state index is 0.698. The standard InChI is InChI=1S/C15H15BrClN3/c1-2-13-10-5-6-18-8-14(10)20-15(19-13)9-3-4-12(17)11(16)7-9/h3-4,7,18H,2,5-6,8H2,1H3. The van der Waals surface area contributed by atoms with Crippen LogP contribution in [0.4, 0.5) is 0 Å². The molecule has 1 aliphatic heterocycles. The smallest absolute Gasteiger partial charge is 0.159 e. The fourth-order valence-electron chi connectivity index (χ4n) is 2.49. The largest absolute Gasteiger partial charge is 0.311 e. The van der Waals surface area contributed by atoms with Crippen LogP contribution >= 0.6 is 27.5 Å². The fourth-order valence-corrected chi connectivity index (χ4v) is 2.99. The van der Waals surface area contributed by atoms with Crippen LogP contribution in [0.15, 0.2) is 22.7 Å². The molecule has 2 aromatic rings. The molecule has 5 heteroatoms. The summed E-state index contributed by atoms with van der Waals surface area (Å²) in [4.78, 5) is 9.47. The number of hydrogen-bond acceptors (Lipinski definition) is 3. The summed E-state index contributed by atoms with van der Waals surface area (Å²) < 4.78 is 0.870. The van der Waals surface area contributed by atoms with Gasteiger partial charge in [-0.1, -0.05) is 18.5 Å². The second kappa shape index (κ2) is 5.80. The summed E-state index contributed by atoms with van der Waals surface area (Å²) in [6.45, 7) is 3.98. The number of aryl methyl sites for hydroxylation is 1. The molecule has 0 atom stereocenters. The van der Waals surface area contributed by atoms with Crippen molar-refractivity contribution < 1.29 is 0 Å². The van der Waals surface area contributed by atoms with E-state index in [1.54, 1.807) is 0 Å². The van der Waals surface area contributed by atoms with Crippen molar-refractivity contribution in [3.63, 3.8) is 0 Å². The first kappa shape index (κ1) is 14.0. The van der Waals surface area contributed by atoms with E-state index in [1.807, 2.05) is 18.2 Å². The Hall–Kier alpha value is -0.970. The van der Waals surface area contributed by atoms with E-state index in [9.17, 15) is 0 Å². The number of fused-ring (bicyclic) bond motifs is 1. The molecule has 0 saturated heterocycles. The van der Waals surface area contributed by atoms with E-state index >= 15 is 0 Å². The number of nitrogens with one attached hydrogen (secondary N) is 1. The maximum atomic E-state index is 6.04. The van der Waals surface area contributed by atoms with Crippen molar-refractivity contribution in [3.8, 4) is 11.4 Å². The van der Waals surface area contributed by atoms with Crippen LogP contribution in [0.1, 0.15) is 23.9 Å². The molecule has 0 saturated carbocycles. The predicted molar refractivity (Wildman–Crippen MR) is 85.0 cm³/mol. The van der Waals surface area contributed by atoms with Crippen LogP contribution in [0.5, 0.6) is 0 Å². The Labute approximate surface area is 131 Å². The number of rotatable bonds is 2. The van der Waals surface area contributed by atoms with Crippen LogP contribution in [0.25, 0.3) is 11.4 Å². The summed E-state index contributed by atoms with van der Waals surface area (Å²) in [5.74, 6) is 0.779. The average Bonchev–Trinajstić information content (AvgIpc) is 2.49. The van der Waals surface area contributed by atoms with Gasteiger partial charge in [0.05, 0.1) is 10.7 Å². The summed E-state index contributed by atoms with van der Waals surface area (Å²) in [5, 5.41) is 4.07. The van der Waals surface area contributed by atoms with Gasteiger partial charge in [-0.05, 0) is 59.1 Å². The van der Waals surface area contributed by atoms with Gasteiger partial charge in [0.2, 0.25) is 0 Å². The average molecular weight is 353 g/mol. The number of hydrogen-bond donors (Lipinski definition) is 1. The molecule has 3 rings (SSSR count). The summed E-state index contributed by atoms with van der Waals surface area (Å²) in [6, 6.07) is 5.80. The van der Waals surface area contributed by atoms with Gasteiger partial charge in [-0.2, -0.15) is 0 Å². The fraction of sp³-hybridized carbons (Fsp3) is 0.333. The molecule has 1 N–H and O–H groups in total. The Balaban J connectivity index is 2.11. The van der Waals surface area contributed by atoms with Gasteiger partial charge in [0.1, 0.15) is 0 Å². The highest BCUT2D eigenvalue weighted by Crippen LogP contribution is 2.28. The van der Waals surface area contributed by atoms with Crippen LogP contribution in [0.3, 0.4) is 0 Å². The van der Waals surface area contributed by atoms with Crippen molar-refractivity contribution in [1.29, 1.82) is 0 Å². The van der Waals surface area contributed by atoms with E-state index in [2.05, 4.69) is 28.2 Å². The number of halogens is 2. The first-order valence-electron chi connectivity index (χ1n) is 6.74. The van der Waals surface area contributed by atoms with Crippen LogP contribution < -0.4 is 5.32 Å². The zero-order valence-electron chi connectivity index (χ0n) is 11.2. The highest BCUT2D eigenvalue weighted by atomic mass is 79.9. The maximum Gasteiger partial charge on any atom is 0.159 e. The molecular formula is C15H15BrClN3. The van der Waals surface area contributed by atoms with Gasteiger partial charge >= 0.3 is 0 Å². The van der Waals surface area contributed by atoms with Gasteiger partial charge in [-0.3, -0.25) is 0 Å². The van der Waals surface area contributed by atoms with Crippen LogP contribution in [0.2, 0.25) is 5.02 Å². The lowest BCUT2D eigenvalue weighted by Crippen LogP contribution is -2.26. The molecule has 0 radical (unpaired) electrons. The SMILES string of the molecule is CCc1nc(-c2ccc(Cl)c(Br)c2)nc2c1CCNC2. The predicted octanol–water partition coefficient (Wildman–Crippen LogP) is 3.77. The van der Waals surface area contributed by atoms with E-state index in [1.165, 1.54) is 5.56 Å². The van der Waals surface area contributed by atoms with Crippen molar-refractivity contribution in [1.82, 2.24) is 15.3 Å². The van der Waals surface area contributed by atoms with Crippen molar-refractivity contribution >= 4 is 27.5 Å². The summed E-state index contributed by atoms with van der Waals surface area (Å²) in [6.07, 6.45) is 1.95. The molecule has 0 aliphatic carbocycles. The quantitative estimate of drug-likeness (QED) is 0.894. The summed E-state index contributed by atoms with van der Waals surface area (Å²) >= 11 is 9.50. The van der Waals surface area contributed by atoms with Crippen molar-refractivity contribution in [3.05, 3.63) is 44.6 Å². The van der Waals surface area contributed by atoms with Crippen LogP contribution in [-0.2, 0) is 19.4 Å². The van der Waals surface area contributed by atoms with Crippen LogP contribution in [0, 0.1) is 0 Å². The van der Waals surface area contributed by atoms with E-state index < -0.39 is 0 Å². The zero-order chi connectivity index (χ0) is 14.1. The Morgan fingerprint density at radius 3 is 2.95 bits per heavy atom. The molecule has 0 unspecified atom stereocenters. The molecular weight excluding hydrogens is 338 g/mol. The maximum absolute atomic E-state index is 6.04. The second-order valence-electron chi connectivity index (χ2n) is 4.83. The second-order valence-corrected chi connectivity index (χ2v) is 6.09. The van der Waals surface area contributed by atoms with Crippen molar-refractivity contribution in [2.45, 2.75) is 26.3 Å². The van der Waals surface area contributed by atoms with Gasteiger partial charge in [0.15, 0.2) is 5.82 Å². The minimum absolute atomic E-state index is 0.698. The van der Waals surface area contributed by atoms with Gasteiger partial charge in [0, 0.05) is 22.3 Å². The molecule has 2 heterocycles. The molecule has 1 aliphatic rings. The lowest BCUT2D eigenvalue weighted by Gasteiger charge is -2.19. The highest BCUT2D eigenvalue weighted by molar-refractivity contribution is 9.10. The van der Waals surface area contributed by atoms with Crippen LogP contribution in [-0.4, -0.2) is 16.5 Å². The molecule has 0 bridgehead atoms. The number of aromatic nitrogens is 2. The molecule has 1 aromatic carbocycles. The third-order valence-corrected chi connectivity index (χ3v) is 4.75. The van der Waals surface area contributed by atoms with Crippen molar-refractivity contribution in [2.75, 3.05) is 6.54 Å². The molecule has 0 spiro atoms. The summed E-state index contributed by atoms with van der Waals surface area (Å²) in [7, 11) is 0. The Kier molecular flexibility index (Phi) is 4.06.